The zero-order valence-electron chi connectivity index (χ0n) is 11.8. The summed E-state index contributed by atoms with van der Waals surface area (Å²) in [5.74, 6) is -0.0691. The Balaban J connectivity index is 2.60. The van der Waals surface area contributed by atoms with E-state index < -0.39 is 0 Å². The van der Waals surface area contributed by atoms with Crippen molar-refractivity contribution in [1.82, 2.24) is 9.80 Å². The number of carbonyl (C=O) groups is 2. The van der Waals surface area contributed by atoms with Crippen LogP contribution in [0.3, 0.4) is 0 Å². The summed E-state index contributed by atoms with van der Waals surface area (Å²) in [6, 6.07) is 0. The summed E-state index contributed by atoms with van der Waals surface area (Å²) in [4.78, 5) is 27.7. The van der Waals surface area contributed by atoms with Crippen LogP contribution in [0, 0.1) is 5.92 Å². The third-order valence-corrected chi connectivity index (χ3v) is 3.36. The van der Waals surface area contributed by atoms with Gasteiger partial charge in [-0.25, -0.2) is 0 Å². The van der Waals surface area contributed by atoms with Crippen LogP contribution < -0.4 is 0 Å². The molecule has 0 aromatic rings. The molecule has 106 valence electrons. The average molecular weight is 264 g/mol. The molecule has 1 heterocycles. The number of hydrogen-bond acceptors (Lipinski definition) is 2. The van der Waals surface area contributed by atoms with Gasteiger partial charge in [0.2, 0.25) is 11.8 Å². The number of unbranched alkanes of at least 4 members (excludes halogenated alkanes) is 1. The smallest absolute Gasteiger partial charge is 0.228 e. The van der Waals surface area contributed by atoms with Gasteiger partial charge in [-0.3, -0.25) is 9.59 Å². The van der Waals surface area contributed by atoms with Crippen molar-refractivity contribution in [2.75, 3.05) is 26.2 Å². The predicted molar refractivity (Wildman–Crippen MR) is 76.6 cm³/mol. The number of rotatable bonds is 8. The lowest BCUT2D eigenvalue weighted by molar-refractivity contribution is -0.134. The fourth-order valence-corrected chi connectivity index (χ4v) is 2.33. The molecule has 0 unspecified atom stereocenters. The minimum atomic E-state index is -0.204. The van der Waals surface area contributed by atoms with Crippen molar-refractivity contribution in [2.24, 2.45) is 5.92 Å². The second-order valence-corrected chi connectivity index (χ2v) is 4.91. The van der Waals surface area contributed by atoms with E-state index in [1.54, 1.807) is 17.1 Å². The van der Waals surface area contributed by atoms with E-state index in [4.69, 9.17) is 0 Å². The number of hydrogen-bond donors (Lipinski definition) is 0. The summed E-state index contributed by atoms with van der Waals surface area (Å²) in [7, 11) is 0. The molecule has 0 saturated carbocycles. The molecule has 2 amide bonds. The first kappa shape index (κ1) is 15.5. The molecule has 4 heteroatoms. The van der Waals surface area contributed by atoms with Gasteiger partial charge < -0.3 is 9.80 Å². The average Bonchev–Trinajstić information content (AvgIpc) is 2.76. The second-order valence-electron chi connectivity index (χ2n) is 4.91. The molecule has 0 spiro atoms. The summed E-state index contributed by atoms with van der Waals surface area (Å²) >= 11 is 0. The van der Waals surface area contributed by atoms with Crippen LogP contribution in [-0.4, -0.2) is 47.8 Å². The van der Waals surface area contributed by atoms with Gasteiger partial charge in [0.25, 0.3) is 0 Å². The zero-order valence-corrected chi connectivity index (χ0v) is 11.8. The number of amides is 2. The van der Waals surface area contributed by atoms with Crippen LogP contribution in [0.1, 0.15) is 26.2 Å². The van der Waals surface area contributed by atoms with E-state index >= 15 is 0 Å². The van der Waals surface area contributed by atoms with Crippen molar-refractivity contribution in [3.05, 3.63) is 25.3 Å². The minimum absolute atomic E-state index is 0.0344. The summed E-state index contributed by atoms with van der Waals surface area (Å²) in [5.41, 5.74) is 0. The molecule has 1 saturated heterocycles. The maximum Gasteiger partial charge on any atom is 0.228 e. The van der Waals surface area contributed by atoms with E-state index in [1.807, 2.05) is 4.90 Å². The van der Waals surface area contributed by atoms with E-state index in [0.717, 1.165) is 19.4 Å². The van der Waals surface area contributed by atoms with Crippen molar-refractivity contribution in [1.29, 1.82) is 0 Å². The Bertz CT molecular complexity index is 342. The lowest BCUT2D eigenvalue weighted by Gasteiger charge is -2.23. The van der Waals surface area contributed by atoms with Crippen LogP contribution in [0.4, 0.5) is 0 Å². The Morgan fingerprint density at radius 3 is 2.58 bits per heavy atom. The molecule has 0 N–H and O–H groups in total. The first-order valence-electron chi connectivity index (χ1n) is 6.92. The highest BCUT2D eigenvalue weighted by Crippen LogP contribution is 2.20. The summed E-state index contributed by atoms with van der Waals surface area (Å²) in [5, 5.41) is 0. The maximum atomic E-state index is 12.3. The molecule has 1 aliphatic heterocycles. The SMILES string of the molecule is C=CCN(CC=C)C(=O)[C@@H]1CC(=O)N(CCCC)C1. The normalized spacial score (nSPS) is 18.5. The zero-order chi connectivity index (χ0) is 14.3. The first-order chi connectivity index (χ1) is 9.13. The molecule has 1 fully saturated rings. The van der Waals surface area contributed by atoms with Crippen LogP contribution in [-0.2, 0) is 9.59 Å². The Morgan fingerprint density at radius 1 is 1.42 bits per heavy atom. The predicted octanol–water partition coefficient (Wildman–Crippen LogP) is 1.84. The Hall–Kier alpha value is -1.58. The lowest BCUT2D eigenvalue weighted by atomic mass is 10.1. The van der Waals surface area contributed by atoms with Crippen molar-refractivity contribution in [3.63, 3.8) is 0 Å². The van der Waals surface area contributed by atoms with Gasteiger partial charge in [0.1, 0.15) is 0 Å². The number of nitrogens with zero attached hydrogens (tertiary/aromatic N) is 2. The highest BCUT2D eigenvalue weighted by Gasteiger charge is 2.35. The summed E-state index contributed by atoms with van der Waals surface area (Å²) in [6.45, 7) is 11.7. The van der Waals surface area contributed by atoms with Gasteiger partial charge in [-0.05, 0) is 6.42 Å². The van der Waals surface area contributed by atoms with Gasteiger partial charge in [0.05, 0.1) is 5.92 Å². The second kappa shape index (κ2) is 7.77. The first-order valence-corrected chi connectivity index (χ1v) is 6.92. The Morgan fingerprint density at radius 2 is 2.05 bits per heavy atom. The molecule has 0 bridgehead atoms. The van der Waals surface area contributed by atoms with Gasteiger partial charge in [-0.1, -0.05) is 25.5 Å². The quantitative estimate of drug-likeness (QED) is 0.628. The monoisotopic (exact) mass is 264 g/mol. The molecule has 1 aliphatic rings. The topological polar surface area (TPSA) is 40.6 Å². The molecule has 1 rings (SSSR count). The third-order valence-electron chi connectivity index (χ3n) is 3.36. The fourth-order valence-electron chi connectivity index (χ4n) is 2.33. The highest BCUT2D eigenvalue weighted by molar-refractivity contribution is 5.89. The number of carbonyl (C=O) groups excluding carboxylic acids is 2. The van der Waals surface area contributed by atoms with E-state index in [1.165, 1.54) is 0 Å². The van der Waals surface area contributed by atoms with Gasteiger partial charge >= 0.3 is 0 Å². The Labute approximate surface area is 115 Å². The van der Waals surface area contributed by atoms with Crippen LogP contribution in [0.15, 0.2) is 25.3 Å². The van der Waals surface area contributed by atoms with Crippen molar-refractivity contribution in [3.8, 4) is 0 Å². The number of likely N-dealkylation sites (tertiary alicyclic amines) is 1. The standard InChI is InChI=1S/C15H24N2O2/c1-4-7-10-17-12-13(11-14(17)18)15(19)16(8-5-2)9-6-3/h5-6,13H,2-4,7-12H2,1H3/t13-/m1/s1. The van der Waals surface area contributed by atoms with Gasteiger partial charge in [0, 0.05) is 32.6 Å². The Kier molecular flexibility index (Phi) is 6.33. The van der Waals surface area contributed by atoms with Crippen molar-refractivity contribution >= 4 is 11.8 Å². The summed E-state index contributed by atoms with van der Waals surface area (Å²) in [6.07, 6.45) is 5.80. The molecule has 0 aromatic carbocycles. The molecule has 0 aromatic heterocycles. The largest absolute Gasteiger partial charge is 0.342 e. The van der Waals surface area contributed by atoms with Gasteiger partial charge in [0.15, 0.2) is 0 Å². The summed E-state index contributed by atoms with van der Waals surface area (Å²) < 4.78 is 0. The molecule has 0 radical (unpaired) electrons. The van der Waals surface area contributed by atoms with E-state index in [-0.39, 0.29) is 17.7 Å². The van der Waals surface area contributed by atoms with Gasteiger partial charge in [-0.15, -0.1) is 13.2 Å². The van der Waals surface area contributed by atoms with Crippen LogP contribution in [0.2, 0.25) is 0 Å². The van der Waals surface area contributed by atoms with Crippen molar-refractivity contribution in [2.45, 2.75) is 26.2 Å². The van der Waals surface area contributed by atoms with Crippen LogP contribution >= 0.6 is 0 Å². The maximum absolute atomic E-state index is 12.3. The van der Waals surface area contributed by atoms with E-state index in [0.29, 0.717) is 26.1 Å². The van der Waals surface area contributed by atoms with Gasteiger partial charge in [-0.2, -0.15) is 0 Å². The van der Waals surface area contributed by atoms with E-state index in [2.05, 4.69) is 20.1 Å². The molecule has 0 aliphatic carbocycles. The van der Waals surface area contributed by atoms with E-state index in [9.17, 15) is 9.59 Å². The third kappa shape index (κ3) is 4.23. The molecule has 19 heavy (non-hydrogen) atoms. The van der Waals surface area contributed by atoms with Crippen molar-refractivity contribution < 1.29 is 9.59 Å². The molecular weight excluding hydrogens is 240 g/mol. The minimum Gasteiger partial charge on any atom is -0.342 e. The van der Waals surface area contributed by atoms with Crippen LogP contribution in [0.25, 0.3) is 0 Å². The fraction of sp³-hybridized carbons (Fsp3) is 0.600. The molecule has 1 atom stereocenters. The lowest BCUT2D eigenvalue weighted by Crippen LogP contribution is -2.37. The molecular formula is C15H24N2O2. The highest BCUT2D eigenvalue weighted by atomic mass is 16.2. The van der Waals surface area contributed by atoms with Crippen LogP contribution in [0.5, 0.6) is 0 Å². The molecule has 4 nitrogen and oxygen atoms in total.